The Morgan fingerprint density at radius 1 is 1.08 bits per heavy atom. The summed E-state index contributed by atoms with van der Waals surface area (Å²) in [4.78, 5) is 7.58. The van der Waals surface area contributed by atoms with E-state index >= 15 is 0 Å². The lowest BCUT2D eigenvalue weighted by Gasteiger charge is -2.26. The number of hydrogen-bond donors (Lipinski definition) is 2. The summed E-state index contributed by atoms with van der Waals surface area (Å²) in [5.41, 5.74) is 1.86. The molecular formula is C26H24N4O4S3. The second-order valence-corrected chi connectivity index (χ2v) is 11.5. The fourth-order valence-electron chi connectivity index (χ4n) is 4.19. The SMILES string of the molecule is COc1cc(N2C(=S)N[C@H](c3ccccn3)[C@H]2c2ccc(Sc3ccccc3)o2)ccc1NS(C)(=O)=O. The second-order valence-electron chi connectivity index (χ2n) is 8.33. The topological polar surface area (TPSA) is 96.7 Å². The van der Waals surface area contributed by atoms with E-state index in [9.17, 15) is 8.42 Å². The van der Waals surface area contributed by atoms with Gasteiger partial charge >= 0.3 is 0 Å². The number of anilines is 2. The third kappa shape index (κ3) is 5.58. The number of nitrogens with zero attached hydrogens (tertiary/aromatic N) is 2. The predicted molar refractivity (Wildman–Crippen MR) is 149 cm³/mol. The van der Waals surface area contributed by atoms with Crippen molar-refractivity contribution >= 4 is 50.5 Å². The van der Waals surface area contributed by atoms with Gasteiger partial charge in [-0.15, -0.1) is 0 Å². The van der Waals surface area contributed by atoms with Crippen molar-refractivity contribution in [3.05, 3.63) is 96.5 Å². The second kappa shape index (κ2) is 10.4. The molecule has 1 aliphatic heterocycles. The van der Waals surface area contributed by atoms with Crippen molar-refractivity contribution in [1.29, 1.82) is 0 Å². The molecule has 2 N–H and O–H groups in total. The highest BCUT2D eigenvalue weighted by molar-refractivity contribution is 7.99. The molecule has 37 heavy (non-hydrogen) atoms. The number of benzene rings is 2. The zero-order valence-electron chi connectivity index (χ0n) is 20.0. The van der Waals surface area contributed by atoms with Crippen LogP contribution in [0, 0.1) is 0 Å². The van der Waals surface area contributed by atoms with E-state index in [0.717, 1.165) is 21.9 Å². The Hall–Kier alpha value is -3.54. The molecule has 0 aliphatic carbocycles. The van der Waals surface area contributed by atoms with E-state index in [1.54, 1.807) is 24.4 Å². The highest BCUT2D eigenvalue weighted by Crippen LogP contribution is 2.44. The smallest absolute Gasteiger partial charge is 0.229 e. The Labute approximate surface area is 225 Å². The predicted octanol–water partition coefficient (Wildman–Crippen LogP) is 5.38. The van der Waals surface area contributed by atoms with Crippen LogP contribution in [0.2, 0.25) is 0 Å². The van der Waals surface area contributed by atoms with Gasteiger partial charge in [0.15, 0.2) is 10.2 Å². The van der Waals surface area contributed by atoms with Crippen LogP contribution in [0.5, 0.6) is 5.75 Å². The maximum Gasteiger partial charge on any atom is 0.229 e. The summed E-state index contributed by atoms with van der Waals surface area (Å²) in [5.74, 6) is 1.07. The molecule has 2 aromatic carbocycles. The third-order valence-corrected chi connectivity index (χ3v) is 7.55. The van der Waals surface area contributed by atoms with Crippen LogP contribution in [-0.2, 0) is 10.0 Å². The molecular weight excluding hydrogens is 529 g/mol. The van der Waals surface area contributed by atoms with Crippen LogP contribution in [0.25, 0.3) is 0 Å². The summed E-state index contributed by atoms with van der Waals surface area (Å²) >= 11 is 7.31. The van der Waals surface area contributed by atoms with Crippen molar-refractivity contribution < 1.29 is 17.6 Å². The number of ether oxygens (including phenoxy) is 1. The molecule has 2 aromatic heterocycles. The van der Waals surface area contributed by atoms with E-state index in [-0.39, 0.29) is 12.1 Å². The van der Waals surface area contributed by atoms with Crippen molar-refractivity contribution in [2.24, 2.45) is 0 Å². The quantitative estimate of drug-likeness (QED) is 0.279. The minimum absolute atomic E-state index is 0.283. The minimum atomic E-state index is -3.48. The maximum atomic E-state index is 11.8. The number of nitrogens with one attached hydrogen (secondary N) is 2. The largest absolute Gasteiger partial charge is 0.494 e. The molecule has 2 atom stereocenters. The van der Waals surface area contributed by atoms with Crippen LogP contribution in [0.4, 0.5) is 11.4 Å². The highest BCUT2D eigenvalue weighted by atomic mass is 32.2. The number of methoxy groups -OCH3 is 1. The van der Waals surface area contributed by atoms with Gasteiger partial charge in [0.25, 0.3) is 0 Å². The van der Waals surface area contributed by atoms with Crippen molar-refractivity contribution in [3.8, 4) is 5.75 Å². The van der Waals surface area contributed by atoms with Gasteiger partial charge in [0, 0.05) is 22.8 Å². The summed E-state index contributed by atoms with van der Waals surface area (Å²) in [6.45, 7) is 0. The number of pyridine rings is 1. The fourth-order valence-corrected chi connectivity index (χ4v) is 5.90. The maximum absolute atomic E-state index is 11.8. The summed E-state index contributed by atoms with van der Waals surface area (Å²) in [6.07, 6.45) is 2.84. The van der Waals surface area contributed by atoms with E-state index in [0.29, 0.717) is 28.0 Å². The number of furan rings is 1. The third-order valence-electron chi connectivity index (χ3n) is 5.71. The van der Waals surface area contributed by atoms with Gasteiger partial charge in [-0.2, -0.15) is 0 Å². The van der Waals surface area contributed by atoms with E-state index in [1.165, 1.54) is 18.9 Å². The molecule has 1 fully saturated rings. The van der Waals surface area contributed by atoms with Gasteiger partial charge in [-0.3, -0.25) is 9.71 Å². The Morgan fingerprint density at radius 3 is 2.57 bits per heavy atom. The molecule has 0 bridgehead atoms. The van der Waals surface area contributed by atoms with E-state index in [2.05, 4.69) is 15.0 Å². The minimum Gasteiger partial charge on any atom is -0.494 e. The molecule has 8 nitrogen and oxygen atoms in total. The standard InChI is InChI=1S/C26H24N4O4S3/c1-33-22-16-17(11-12-19(22)29-37(2,31)32)30-25(24(28-26(30)35)20-10-6-7-15-27-20)21-13-14-23(34-21)36-18-8-4-3-5-9-18/h3-16,24-25,29H,1-2H3,(H,28,35)/t24-,25-/m1/s1. The molecule has 0 saturated carbocycles. The van der Waals surface area contributed by atoms with E-state index in [4.69, 9.17) is 21.4 Å². The average Bonchev–Trinajstić information content (AvgIpc) is 3.48. The molecule has 190 valence electrons. The van der Waals surface area contributed by atoms with Crippen LogP contribution < -0.4 is 19.7 Å². The number of hydrogen-bond acceptors (Lipinski definition) is 7. The summed E-state index contributed by atoms with van der Waals surface area (Å²) < 4.78 is 37.9. The molecule has 4 aromatic rings. The summed E-state index contributed by atoms with van der Waals surface area (Å²) in [5, 5.41) is 4.63. The Kier molecular flexibility index (Phi) is 7.09. The van der Waals surface area contributed by atoms with Crippen molar-refractivity contribution in [1.82, 2.24) is 10.3 Å². The Bertz CT molecular complexity index is 1510. The first-order valence-corrected chi connectivity index (χ1v) is 14.4. The average molecular weight is 553 g/mol. The number of thiocarbonyl (C=S) groups is 1. The van der Waals surface area contributed by atoms with Crippen LogP contribution in [0.1, 0.15) is 23.5 Å². The summed E-state index contributed by atoms with van der Waals surface area (Å²) in [6, 6.07) is 24.2. The van der Waals surface area contributed by atoms with Crippen LogP contribution >= 0.6 is 24.0 Å². The van der Waals surface area contributed by atoms with E-state index < -0.39 is 10.0 Å². The van der Waals surface area contributed by atoms with Gasteiger partial charge in [-0.1, -0.05) is 36.0 Å². The fraction of sp³-hybridized carbons (Fsp3) is 0.154. The van der Waals surface area contributed by atoms with Gasteiger partial charge in [0.05, 0.1) is 30.8 Å². The summed E-state index contributed by atoms with van der Waals surface area (Å²) in [7, 11) is -1.99. The Morgan fingerprint density at radius 2 is 1.86 bits per heavy atom. The van der Waals surface area contributed by atoms with Gasteiger partial charge in [-0.05, 0) is 60.7 Å². The van der Waals surface area contributed by atoms with Crippen LogP contribution in [-0.4, -0.2) is 31.9 Å². The van der Waals surface area contributed by atoms with Gasteiger partial charge in [-0.25, -0.2) is 8.42 Å². The zero-order chi connectivity index (χ0) is 26.0. The van der Waals surface area contributed by atoms with Crippen LogP contribution in [0.3, 0.4) is 0 Å². The first-order chi connectivity index (χ1) is 17.8. The molecule has 3 heterocycles. The van der Waals surface area contributed by atoms with Crippen LogP contribution in [0.15, 0.2) is 99.5 Å². The number of rotatable bonds is 8. The van der Waals surface area contributed by atoms with Gasteiger partial charge in [0.1, 0.15) is 17.6 Å². The highest BCUT2D eigenvalue weighted by Gasteiger charge is 2.42. The molecule has 0 amide bonds. The molecule has 1 aliphatic rings. The molecule has 5 rings (SSSR count). The molecule has 1 saturated heterocycles. The zero-order valence-corrected chi connectivity index (χ0v) is 22.4. The number of sulfonamides is 1. The molecule has 0 radical (unpaired) electrons. The van der Waals surface area contributed by atoms with Crippen molar-refractivity contribution in [3.63, 3.8) is 0 Å². The van der Waals surface area contributed by atoms with Crippen molar-refractivity contribution in [2.45, 2.75) is 22.1 Å². The Balaban J connectivity index is 1.55. The molecule has 0 spiro atoms. The lowest BCUT2D eigenvalue weighted by molar-refractivity contribution is 0.383. The molecule has 0 unspecified atom stereocenters. The van der Waals surface area contributed by atoms with Crippen molar-refractivity contribution in [2.75, 3.05) is 23.0 Å². The monoisotopic (exact) mass is 552 g/mol. The lowest BCUT2D eigenvalue weighted by Crippen LogP contribution is -2.29. The lowest BCUT2D eigenvalue weighted by atomic mass is 10.0. The number of aromatic nitrogens is 1. The van der Waals surface area contributed by atoms with E-state index in [1.807, 2.05) is 65.6 Å². The first-order valence-electron chi connectivity index (χ1n) is 11.3. The first kappa shape index (κ1) is 25.1. The van der Waals surface area contributed by atoms with Gasteiger partial charge < -0.3 is 19.4 Å². The molecule has 11 heteroatoms. The normalized spacial score (nSPS) is 17.5. The van der Waals surface area contributed by atoms with Gasteiger partial charge in [0.2, 0.25) is 10.0 Å².